The third kappa shape index (κ3) is 4.97. The lowest BCUT2D eigenvalue weighted by Crippen LogP contribution is -2.48. The second-order valence-corrected chi connectivity index (χ2v) is 5.28. The fourth-order valence-corrected chi connectivity index (χ4v) is 2.27. The Morgan fingerprint density at radius 1 is 1.52 bits per heavy atom. The van der Waals surface area contributed by atoms with E-state index < -0.39 is 18.0 Å². The molecule has 1 aromatic rings. The Morgan fingerprint density at radius 3 is 3.00 bits per heavy atom. The molecule has 0 radical (unpaired) electrons. The molecule has 1 aromatic heterocycles. The molecule has 0 spiro atoms. The van der Waals surface area contributed by atoms with E-state index in [-0.39, 0.29) is 12.0 Å². The van der Waals surface area contributed by atoms with Gasteiger partial charge in [-0.15, -0.1) is 0 Å². The van der Waals surface area contributed by atoms with E-state index in [1.165, 1.54) is 0 Å². The van der Waals surface area contributed by atoms with Crippen LogP contribution in [0, 0.1) is 0 Å². The highest BCUT2D eigenvalue weighted by Crippen LogP contribution is 2.28. The zero-order valence-electron chi connectivity index (χ0n) is 12.8. The minimum absolute atomic E-state index is 0.190. The van der Waals surface area contributed by atoms with Gasteiger partial charge >= 0.3 is 18.2 Å². The summed E-state index contributed by atoms with van der Waals surface area (Å²) in [5.41, 5.74) is -1.05. The molecule has 2 amide bonds. The number of hydrogen-bond acceptors (Lipinski definition) is 4. The van der Waals surface area contributed by atoms with Gasteiger partial charge in [-0.2, -0.15) is 18.2 Å². The van der Waals surface area contributed by atoms with Crippen LogP contribution in [0.3, 0.4) is 0 Å². The number of ether oxygens (including phenoxy) is 1. The predicted octanol–water partition coefficient (Wildman–Crippen LogP) is 2.46. The van der Waals surface area contributed by atoms with Crippen LogP contribution in [0.5, 0.6) is 6.01 Å². The summed E-state index contributed by atoms with van der Waals surface area (Å²) in [6, 6.07) is 0.281. The smallest absolute Gasteiger partial charge is 0.433 e. The number of nitrogens with zero attached hydrogens (tertiary/aromatic N) is 3. The molecular weight excluding hydrogens is 313 g/mol. The quantitative estimate of drug-likeness (QED) is 0.920. The Hall–Kier alpha value is -2.06. The average molecular weight is 332 g/mol. The first kappa shape index (κ1) is 17.3. The highest BCUT2D eigenvalue weighted by atomic mass is 19.4. The molecule has 9 heteroatoms. The van der Waals surface area contributed by atoms with Crippen molar-refractivity contribution in [2.24, 2.45) is 0 Å². The van der Waals surface area contributed by atoms with Crippen molar-refractivity contribution < 1.29 is 22.7 Å². The Morgan fingerprint density at radius 2 is 2.30 bits per heavy atom. The highest BCUT2D eigenvalue weighted by molar-refractivity contribution is 5.74. The molecule has 1 aliphatic heterocycles. The number of carbonyl (C=O) groups is 1. The van der Waals surface area contributed by atoms with Crippen molar-refractivity contribution >= 4 is 6.03 Å². The average Bonchev–Trinajstić information content (AvgIpc) is 2.52. The SMILES string of the molecule is CCCNC(=O)N1CCCC(Oc2nccc(C(F)(F)F)n2)C1. The van der Waals surface area contributed by atoms with Crippen LogP contribution in [-0.2, 0) is 6.18 Å². The Bertz CT molecular complexity index is 539. The van der Waals surface area contributed by atoms with Gasteiger partial charge in [0.15, 0.2) is 5.69 Å². The minimum atomic E-state index is -4.54. The number of piperidine rings is 1. The number of alkyl halides is 3. The first-order valence-electron chi connectivity index (χ1n) is 7.50. The lowest BCUT2D eigenvalue weighted by Gasteiger charge is -2.32. The van der Waals surface area contributed by atoms with E-state index in [1.807, 2.05) is 6.92 Å². The third-order valence-corrected chi connectivity index (χ3v) is 3.39. The van der Waals surface area contributed by atoms with Crippen LogP contribution in [-0.4, -0.2) is 46.6 Å². The molecule has 2 rings (SSSR count). The molecule has 1 aliphatic rings. The summed E-state index contributed by atoms with van der Waals surface area (Å²) in [6.07, 6.45) is -1.77. The summed E-state index contributed by atoms with van der Waals surface area (Å²) in [5.74, 6) is 0. The van der Waals surface area contributed by atoms with Crippen LogP contribution >= 0.6 is 0 Å². The molecule has 23 heavy (non-hydrogen) atoms. The van der Waals surface area contributed by atoms with Crippen molar-refractivity contribution in [1.29, 1.82) is 0 Å². The normalized spacial score (nSPS) is 18.6. The molecule has 128 valence electrons. The van der Waals surface area contributed by atoms with Crippen LogP contribution in [0.25, 0.3) is 0 Å². The second kappa shape index (κ2) is 7.47. The zero-order valence-corrected chi connectivity index (χ0v) is 12.8. The number of halogens is 3. The number of hydrogen-bond donors (Lipinski definition) is 1. The van der Waals surface area contributed by atoms with Crippen molar-refractivity contribution in [2.75, 3.05) is 19.6 Å². The van der Waals surface area contributed by atoms with Crippen LogP contribution in [0.1, 0.15) is 31.9 Å². The van der Waals surface area contributed by atoms with Gasteiger partial charge in [-0.1, -0.05) is 6.92 Å². The van der Waals surface area contributed by atoms with Gasteiger partial charge < -0.3 is 15.0 Å². The molecular formula is C14H19F3N4O2. The summed E-state index contributed by atoms with van der Waals surface area (Å²) in [4.78, 5) is 20.6. The summed E-state index contributed by atoms with van der Waals surface area (Å²) in [7, 11) is 0. The summed E-state index contributed by atoms with van der Waals surface area (Å²) < 4.78 is 43.3. The molecule has 0 aliphatic carbocycles. The maximum absolute atomic E-state index is 12.6. The van der Waals surface area contributed by atoms with E-state index in [9.17, 15) is 18.0 Å². The molecule has 1 unspecified atom stereocenters. The molecule has 1 N–H and O–H groups in total. The zero-order chi connectivity index (χ0) is 16.9. The number of amides is 2. The number of rotatable bonds is 4. The van der Waals surface area contributed by atoms with Crippen molar-refractivity contribution in [3.8, 4) is 6.01 Å². The molecule has 0 bridgehead atoms. The third-order valence-electron chi connectivity index (χ3n) is 3.39. The first-order chi connectivity index (χ1) is 10.9. The fourth-order valence-electron chi connectivity index (χ4n) is 2.27. The van der Waals surface area contributed by atoms with Gasteiger partial charge in [-0.05, 0) is 25.3 Å². The standard InChI is InChI=1S/C14H19F3N4O2/c1-2-6-19-13(22)21-8-3-4-10(9-21)23-12-18-7-5-11(20-12)14(15,16)17/h5,7,10H,2-4,6,8-9H2,1H3,(H,19,22). The van der Waals surface area contributed by atoms with Gasteiger partial charge in [0.1, 0.15) is 6.10 Å². The van der Waals surface area contributed by atoms with Crippen LogP contribution in [0.15, 0.2) is 12.3 Å². The van der Waals surface area contributed by atoms with Crippen molar-refractivity contribution in [2.45, 2.75) is 38.5 Å². The van der Waals surface area contributed by atoms with Crippen molar-refractivity contribution in [3.05, 3.63) is 18.0 Å². The molecule has 1 atom stereocenters. The first-order valence-corrected chi connectivity index (χ1v) is 7.50. The van der Waals surface area contributed by atoms with Gasteiger partial charge in [0.25, 0.3) is 0 Å². The van der Waals surface area contributed by atoms with Gasteiger partial charge in [0.05, 0.1) is 6.54 Å². The molecule has 1 saturated heterocycles. The van der Waals surface area contributed by atoms with E-state index in [2.05, 4.69) is 15.3 Å². The van der Waals surface area contributed by atoms with E-state index in [1.54, 1.807) is 4.90 Å². The largest absolute Gasteiger partial charge is 0.458 e. The topological polar surface area (TPSA) is 67.4 Å². The van der Waals surface area contributed by atoms with Gasteiger partial charge in [0, 0.05) is 19.3 Å². The van der Waals surface area contributed by atoms with Gasteiger partial charge in [0.2, 0.25) is 0 Å². The Balaban J connectivity index is 1.96. The minimum Gasteiger partial charge on any atom is -0.458 e. The lowest BCUT2D eigenvalue weighted by molar-refractivity contribution is -0.141. The summed E-state index contributed by atoms with van der Waals surface area (Å²) in [6.45, 7) is 3.43. The maximum Gasteiger partial charge on any atom is 0.433 e. The van der Waals surface area contributed by atoms with Crippen molar-refractivity contribution in [1.82, 2.24) is 20.2 Å². The van der Waals surface area contributed by atoms with E-state index in [0.29, 0.717) is 32.5 Å². The number of nitrogens with one attached hydrogen (secondary N) is 1. The molecule has 6 nitrogen and oxygen atoms in total. The second-order valence-electron chi connectivity index (χ2n) is 5.28. The molecule has 1 fully saturated rings. The monoisotopic (exact) mass is 332 g/mol. The fraction of sp³-hybridized carbons (Fsp3) is 0.643. The predicted molar refractivity (Wildman–Crippen MR) is 75.9 cm³/mol. The Kier molecular flexibility index (Phi) is 5.62. The van der Waals surface area contributed by atoms with Crippen molar-refractivity contribution in [3.63, 3.8) is 0 Å². The number of aromatic nitrogens is 2. The van der Waals surface area contributed by atoms with Crippen LogP contribution < -0.4 is 10.1 Å². The number of carbonyl (C=O) groups excluding carboxylic acids is 1. The lowest BCUT2D eigenvalue weighted by atomic mass is 10.1. The Labute approximate surface area is 132 Å². The summed E-state index contributed by atoms with van der Waals surface area (Å²) >= 11 is 0. The van der Waals surface area contributed by atoms with E-state index in [0.717, 1.165) is 18.7 Å². The van der Waals surface area contributed by atoms with Crippen LogP contribution in [0.2, 0.25) is 0 Å². The molecule has 2 heterocycles. The number of urea groups is 1. The van der Waals surface area contributed by atoms with E-state index in [4.69, 9.17) is 4.74 Å². The molecule has 0 saturated carbocycles. The van der Waals surface area contributed by atoms with Gasteiger partial charge in [-0.3, -0.25) is 0 Å². The van der Waals surface area contributed by atoms with Gasteiger partial charge in [-0.25, -0.2) is 9.78 Å². The highest BCUT2D eigenvalue weighted by Gasteiger charge is 2.33. The summed E-state index contributed by atoms with van der Waals surface area (Å²) in [5, 5.41) is 2.77. The maximum atomic E-state index is 12.6. The molecule has 0 aromatic carbocycles. The van der Waals surface area contributed by atoms with E-state index >= 15 is 0 Å². The van der Waals surface area contributed by atoms with Crippen LogP contribution in [0.4, 0.5) is 18.0 Å². The number of likely N-dealkylation sites (tertiary alicyclic amines) is 1.